The van der Waals surface area contributed by atoms with Gasteiger partial charge in [0.15, 0.2) is 0 Å². The summed E-state index contributed by atoms with van der Waals surface area (Å²) in [6.45, 7) is 8.93. The number of halogens is 1. The molecule has 0 amide bonds. The molecule has 21 heavy (non-hydrogen) atoms. The number of piperazine rings is 1. The lowest BCUT2D eigenvalue weighted by Crippen LogP contribution is -2.48. The van der Waals surface area contributed by atoms with E-state index in [1.807, 2.05) is 12.1 Å². The summed E-state index contributed by atoms with van der Waals surface area (Å²) in [6.07, 6.45) is 2.73. The third-order valence-electron chi connectivity index (χ3n) is 4.47. The van der Waals surface area contributed by atoms with Gasteiger partial charge in [-0.3, -0.25) is 4.90 Å². The minimum absolute atomic E-state index is 0.158. The number of rotatable bonds is 6. The van der Waals surface area contributed by atoms with Gasteiger partial charge in [0.25, 0.3) is 0 Å². The predicted molar refractivity (Wildman–Crippen MR) is 85.2 cm³/mol. The summed E-state index contributed by atoms with van der Waals surface area (Å²) in [5, 5.41) is 3.61. The van der Waals surface area contributed by atoms with Crippen LogP contribution in [-0.2, 0) is 0 Å². The maximum Gasteiger partial charge on any atom is 0.123 e. The van der Waals surface area contributed by atoms with Crippen molar-refractivity contribution in [2.45, 2.75) is 25.8 Å². The number of hydrogen-bond donors (Lipinski definition) is 1. The fourth-order valence-electron chi connectivity index (χ4n) is 3.00. The van der Waals surface area contributed by atoms with Crippen LogP contribution in [0.2, 0.25) is 0 Å². The molecule has 4 heteroatoms. The van der Waals surface area contributed by atoms with E-state index in [-0.39, 0.29) is 5.82 Å². The van der Waals surface area contributed by atoms with Crippen LogP contribution in [0.5, 0.6) is 0 Å². The minimum atomic E-state index is -0.158. The first kappa shape index (κ1) is 14.8. The van der Waals surface area contributed by atoms with Crippen molar-refractivity contribution in [1.29, 1.82) is 0 Å². The van der Waals surface area contributed by atoms with Crippen LogP contribution in [0.15, 0.2) is 24.3 Å². The summed E-state index contributed by atoms with van der Waals surface area (Å²) in [4.78, 5) is 4.91. The third-order valence-corrected chi connectivity index (χ3v) is 4.47. The van der Waals surface area contributed by atoms with Crippen molar-refractivity contribution in [3.63, 3.8) is 0 Å². The Kier molecular flexibility index (Phi) is 4.76. The Labute approximate surface area is 127 Å². The average molecular weight is 291 g/mol. The second-order valence-corrected chi connectivity index (χ2v) is 6.55. The summed E-state index contributed by atoms with van der Waals surface area (Å²) in [7, 11) is 0. The van der Waals surface area contributed by atoms with Crippen molar-refractivity contribution in [1.82, 2.24) is 10.2 Å². The van der Waals surface area contributed by atoms with Gasteiger partial charge in [0.05, 0.1) is 0 Å². The van der Waals surface area contributed by atoms with Crippen LogP contribution in [0.4, 0.5) is 10.1 Å². The van der Waals surface area contributed by atoms with Gasteiger partial charge in [0, 0.05) is 44.5 Å². The number of nitrogens with one attached hydrogen (secondary N) is 1. The summed E-state index contributed by atoms with van der Waals surface area (Å²) < 4.78 is 13.0. The highest BCUT2D eigenvalue weighted by Gasteiger charge is 2.22. The number of hydrogen-bond acceptors (Lipinski definition) is 3. The van der Waals surface area contributed by atoms with Gasteiger partial charge < -0.3 is 10.2 Å². The van der Waals surface area contributed by atoms with Crippen molar-refractivity contribution < 1.29 is 4.39 Å². The average Bonchev–Trinajstić information content (AvgIpc) is 3.31. The van der Waals surface area contributed by atoms with E-state index in [9.17, 15) is 4.39 Å². The molecule has 1 saturated carbocycles. The van der Waals surface area contributed by atoms with Crippen molar-refractivity contribution in [3.05, 3.63) is 30.1 Å². The van der Waals surface area contributed by atoms with Gasteiger partial charge in [-0.1, -0.05) is 6.92 Å². The molecule has 1 aromatic rings. The molecule has 2 fully saturated rings. The highest BCUT2D eigenvalue weighted by atomic mass is 19.1. The number of benzene rings is 1. The first-order chi connectivity index (χ1) is 10.2. The summed E-state index contributed by atoms with van der Waals surface area (Å²) in [5.41, 5.74) is 1.14. The van der Waals surface area contributed by atoms with Gasteiger partial charge in [0.2, 0.25) is 0 Å². The molecule has 1 atom stereocenters. The fraction of sp³-hybridized carbons (Fsp3) is 0.647. The van der Waals surface area contributed by atoms with Gasteiger partial charge in [0.1, 0.15) is 5.82 Å². The molecule has 1 aliphatic heterocycles. The monoisotopic (exact) mass is 291 g/mol. The molecule has 2 aliphatic rings. The van der Waals surface area contributed by atoms with E-state index in [1.165, 1.54) is 19.4 Å². The normalized spacial score (nSPS) is 21.5. The van der Waals surface area contributed by atoms with E-state index < -0.39 is 0 Å². The van der Waals surface area contributed by atoms with Gasteiger partial charge in [-0.2, -0.15) is 0 Å². The Bertz CT molecular complexity index is 436. The molecule has 0 bridgehead atoms. The molecule has 1 unspecified atom stereocenters. The zero-order valence-corrected chi connectivity index (χ0v) is 12.9. The Morgan fingerprint density at radius 2 is 1.81 bits per heavy atom. The van der Waals surface area contributed by atoms with Crippen molar-refractivity contribution in [2.24, 2.45) is 5.92 Å². The molecular weight excluding hydrogens is 265 g/mol. The second-order valence-electron chi connectivity index (χ2n) is 6.55. The molecule has 0 radical (unpaired) electrons. The first-order valence-corrected chi connectivity index (χ1v) is 8.17. The van der Waals surface area contributed by atoms with E-state index in [0.29, 0.717) is 5.92 Å². The van der Waals surface area contributed by atoms with Gasteiger partial charge in [-0.25, -0.2) is 4.39 Å². The van der Waals surface area contributed by atoms with E-state index in [2.05, 4.69) is 22.0 Å². The first-order valence-electron chi connectivity index (χ1n) is 8.17. The van der Waals surface area contributed by atoms with Gasteiger partial charge in [-0.05, 0) is 49.6 Å². The highest BCUT2D eigenvalue weighted by molar-refractivity contribution is 5.46. The maximum atomic E-state index is 13.0. The maximum absolute atomic E-state index is 13.0. The van der Waals surface area contributed by atoms with Gasteiger partial charge in [-0.15, -0.1) is 0 Å². The number of anilines is 1. The number of nitrogens with zero attached hydrogens (tertiary/aromatic N) is 2. The lowest BCUT2D eigenvalue weighted by molar-refractivity contribution is 0.222. The molecular formula is C17H26FN3. The van der Waals surface area contributed by atoms with Crippen LogP contribution >= 0.6 is 0 Å². The fourth-order valence-corrected chi connectivity index (χ4v) is 3.00. The van der Waals surface area contributed by atoms with Crippen molar-refractivity contribution in [2.75, 3.05) is 44.2 Å². The lowest BCUT2D eigenvalue weighted by atomic mass is 10.1. The van der Waals surface area contributed by atoms with Crippen LogP contribution in [0.25, 0.3) is 0 Å². The standard InChI is InChI=1S/C17H26FN3/c1-14(12-19-16-4-5-16)13-20-8-10-21(11-9-20)17-6-2-15(18)3-7-17/h2-3,6-7,14,16,19H,4-5,8-13H2,1H3. The molecule has 1 aromatic carbocycles. The Morgan fingerprint density at radius 1 is 1.14 bits per heavy atom. The smallest absolute Gasteiger partial charge is 0.123 e. The van der Waals surface area contributed by atoms with E-state index in [4.69, 9.17) is 0 Å². The van der Waals surface area contributed by atoms with Crippen molar-refractivity contribution >= 4 is 5.69 Å². The van der Waals surface area contributed by atoms with Crippen LogP contribution < -0.4 is 10.2 Å². The zero-order chi connectivity index (χ0) is 14.7. The lowest BCUT2D eigenvalue weighted by Gasteiger charge is -2.37. The van der Waals surface area contributed by atoms with Crippen LogP contribution in [0.3, 0.4) is 0 Å². The molecule has 1 N–H and O–H groups in total. The summed E-state index contributed by atoms with van der Waals surface area (Å²) >= 11 is 0. The molecule has 1 saturated heterocycles. The topological polar surface area (TPSA) is 18.5 Å². The molecule has 3 rings (SSSR count). The van der Waals surface area contributed by atoms with Crippen LogP contribution in [0.1, 0.15) is 19.8 Å². The predicted octanol–water partition coefficient (Wildman–Crippen LogP) is 2.34. The van der Waals surface area contributed by atoms with E-state index in [1.54, 1.807) is 12.1 Å². The zero-order valence-electron chi connectivity index (χ0n) is 12.9. The Morgan fingerprint density at radius 3 is 2.43 bits per heavy atom. The Hall–Kier alpha value is -1.13. The second kappa shape index (κ2) is 6.75. The Balaban J connectivity index is 1.40. The molecule has 0 spiro atoms. The third kappa shape index (κ3) is 4.42. The molecule has 3 nitrogen and oxygen atoms in total. The highest BCUT2D eigenvalue weighted by Crippen LogP contribution is 2.19. The summed E-state index contributed by atoms with van der Waals surface area (Å²) in [5.74, 6) is 0.553. The molecule has 1 aliphatic carbocycles. The van der Waals surface area contributed by atoms with Crippen molar-refractivity contribution in [3.8, 4) is 0 Å². The molecule has 116 valence electrons. The van der Waals surface area contributed by atoms with E-state index >= 15 is 0 Å². The minimum Gasteiger partial charge on any atom is -0.369 e. The largest absolute Gasteiger partial charge is 0.369 e. The van der Waals surface area contributed by atoms with Crippen LogP contribution in [0, 0.1) is 11.7 Å². The molecule has 1 heterocycles. The quantitative estimate of drug-likeness (QED) is 0.868. The van der Waals surface area contributed by atoms with Gasteiger partial charge >= 0.3 is 0 Å². The summed E-state index contributed by atoms with van der Waals surface area (Å²) in [6, 6.07) is 7.67. The SMILES string of the molecule is CC(CNC1CC1)CN1CCN(c2ccc(F)cc2)CC1. The van der Waals surface area contributed by atoms with Crippen LogP contribution in [-0.4, -0.2) is 50.2 Å². The van der Waals surface area contributed by atoms with E-state index in [0.717, 1.165) is 44.5 Å². The molecule has 0 aromatic heterocycles.